The molecule has 10 aliphatic heterocycles. The standard InChI is InChI=1S/10C5H10O.2Ba.4HI/c10*1-2-4-6-5-3-1;;;;;;/h10*1-5H2;;;4*1H/q;;;;;;;;;;2*+2;;;;/p-4. The van der Waals surface area contributed by atoms with Crippen LogP contribution >= 0.6 is 0 Å². The Morgan fingerprint density at radius 2 is 0.167 bits per heavy atom. The van der Waals surface area contributed by atoms with E-state index in [-0.39, 0.29) is 194 Å². The van der Waals surface area contributed by atoms with Gasteiger partial charge in [-0.05, 0) is 193 Å². The van der Waals surface area contributed by atoms with Crippen molar-refractivity contribution in [2.75, 3.05) is 132 Å². The Hall–Kier alpha value is 5.66. The van der Waals surface area contributed by atoms with Gasteiger partial charge in [-0.1, -0.05) is 0 Å². The van der Waals surface area contributed by atoms with Crippen LogP contribution in [0.2, 0.25) is 0 Å². The number of halogens is 4. The summed E-state index contributed by atoms with van der Waals surface area (Å²) in [4.78, 5) is 0. The third kappa shape index (κ3) is 76.2. The molecular formula is C50H100Ba2I4O10. The molecule has 16 heteroatoms. The maximum absolute atomic E-state index is 5.07. The fraction of sp³-hybridized carbons (Fsp3) is 1.00. The van der Waals surface area contributed by atoms with Crippen LogP contribution < -0.4 is 95.9 Å². The fourth-order valence-electron chi connectivity index (χ4n) is 6.87. The van der Waals surface area contributed by atoms with E-state index in [4.69, 9.17) is 47.4 Å². The first kappa shape index (κ1) is 83.0. The molecule has 0 unspecified atom stereocenters. The van der Waals surface area contributed by atoms with E-state index < -0.39 is 0 Å². The Bertz CT molecular complexity index is 428. The van der Waals surface area contributed by atoms with Gasteiger partial charge in [0.15, 0.2) is 0 Å². The van der Waals surface area contributed by atoms with Crippen molar-refractivity contribution in [1.82, 2.24) is 0 Å². The van der Waals surface area contributed by atoms with E-state index >= 15 is 0 Å². The van der Waals surface area contributed by atoms with Crippen molar-refractivity contribution in [3.8, 4) is 0 Å². The van der Waals surface area contributed by atoms with Gasteiger partial charge in [-0.15, -0.1) is 0 Å². The van der Waals surface area contributed by atoms with Gasteiger partial charge in [0.2, 0.25) is 0 Å². The quantitative estimate of drug-likeness (QED) is 0.226. The van der Waals surface area contributed by atoms with Gasteiger partial charge in [-0.2, -0.15) is 0 Å². The minimum absolute atomic E-state index is 0. The second-order valence-electron chi connectivity index (χ2n) is 16.7. The number of hydrogen-bond acceptors (Lipinski definition) is 10. The number of hydrogen-bond donors (Lipinski definition) is 0. The monoisotopic (exact) mass is 1640 g/mol. The first-order chi connectivity index (χ1) is 30.0. The number of rotatable bonds is 0. The van der Waals surface area contributed by atoms with E-state index in [1.165, 1.54) is 193 Å². The molecule has 0 aromatic heterocycles. The van der Waals surface area contributed by atoms with Gasteiger partial charge in [-0.3, -0.25) is 0 Å². The van der Waals surface area contributed by atoms with Crippen molar-refractivity contribution < 1.29 is 143 Å². The van der Waals surface area contributed by atoms with Crippen molar-refractivity contribution in [3.63, 3.8) is 0 Å². The Labute approximate surface area is 556 Å². The summed E-state index contributed by atoms with van der Waals surface area (Å²) in [6, 6.07) is 0. The largest absolute Gasteiger partial charge is 2.00 e. The molecule has 0 radical (unpaired) electrons. The molecule has 0 saturated carbocycles. The Morgan fingerprint density at radius 3 is 0.182 bits per heavy atom. The smallest absolute Gasteiger partial charge is 1.00 e. The average molecular weight is 1640 g/mol. The molecule has 0 atom stereocenters. The minimum atomic E-state index is 0. The van der Waals surface area contributed by atoms with Gasteiger partial charge >= 0.3 is 97.8 Å². The average Bonchev–Trinajstić information content (AvgIpc) is 3.41. The normalized spacial score (nSPS) is 21.8. The molecule has 66 heavy (non-hydrogen) atoms. The molecule has 10 saturated heterocycles. The van der Waals surface area contributed by atoms with Crippen LogP contribution in [-0.2, 0) is 47.4 Å². The maximum atomic E-state index is 5.07. The summed E-state index contributed by atoms with van der Waals surface area (Å²) in [5, 5.41) is 0. The molecule has 0 N–H and O–H groups in total. The summed E-state index contributed by atoms with van der Waals surface area (Å²) in [7, 11) is 0. The van der Waals surface area contributed by atoms with E-state index in [0.717, 1.165) is 132 Å². The molecule has 0 aromatic rings. The van der Waals surface area contributed by atoms with E-state index in [0.29, 0.717) is 0 Å². The van der Waals surface area contributed by atoms with Crippen LogP contribution in [0.1, 0.15) is 193 Å². The zero-order valence-corrected chi connectivity index (χ0v) is 59.9. The second-order valence-corrected chi connectivity index (χ2v) is 16.7. The van der Waals surface area contributed by atoms with Crippen molar-refractivity contribution in [1.29, 1.82) is 0 Å². The molecule has 0 aromatic carbocycles. The van der Waals surface area contributed by atoms with Crippen LogP contribution in [0, 0.1) is 0 Å². The molecule has 0 amide bonds. The van der Waals surface area contributed by atoms with Gasteiger partial charge in [0.05, 0.1) is 0 Å². The predicted octanol–water partition coefficient (Wildman–Crippen LogP) is -0.877. The molecule has 392 valence electrons. The first-order valence-electron chi connectivity index (χ1n) is 25.8. The van der Waals surface area contributed by atoms with Crippen LogP contribution in [-0.4, -0.2) is 230 Å². The van der Waals surface area contributed by atoms with Crippen LogP contribution in [0.4, 0.5) is 0 Å². The van der Waals surface area contributed by atoms with Crippen molar-refractivity contribution in [3.05, 3.63) is 0 Å². The van der Waals surface area contributed by atoms with Gasteiger partial charge in [0.1, 0.15) is 0 Å². The third-order valence-electron chi connectivity index (χ3n) is 10.8. The summed E-state index contributed by atoms with van der Waals surface area (Å²) < 4.78 is 50.7. The van der Waals surface area contributed by atoms with Crippen LogP contribution in [0.5, 0.6) is 0 Å². The van der Waals surface area contributed by atoms with Gasteiger partial charge < -0.3 is 143 Å². The van der Waals surface area contributed by atoms with Gasteiger partial charge in [0.25, 0.3) is 0 Å². The summed E-state index contributed by atoms with van der Waals surface area (Å²) in [6.07, 6.45) is 39.3. The molecule has 10 rings (SSSR count). The second kappa shape index (κ2) is 79.5. The van der Waals surface area contributed by atoms with E-state index in [2.05, 4.69) is 0 Å². The zero-order chi connectivity index (χ0) is 42.4. The molecule has 0 bridgehead atoms. The van der Waals surface area contributed by atoms with Crippen molar-refractivity contribution >= 4 is 97.8 Å². The van der Waals surface area contributed by atoms with E-state index in [9.17, 15) is 0 Å². The summed E-state index contributed by atoms with van der Waals surface area (Å²) in [6.45, 7) is 20.0. The van der Waals surface area contributed by atoms with Crippen molar-refractivity contribution in [2.24, 2.45) is 0 Å². The Balaban J connectivity index is -0.000000150. The van der Waals surface area contributed by atoms with E-state index in [1.807, 2.05) is 0 Å². The third-order valence-corrected chi connectivity index (χ3v) is 10.8. The van der Waals surface area contributed by atoms with E-state index in [1.54, 1.807) is 0 Å². The number of ether oxygens (including phenoxy) is 10. The van der Waals surface area contributed by atoms with Gasteiger partial charge in [-0.25, -0.2) is 0 Å². The molecule has 10 fully saturated rings. The molecule has 0 aliphatic carbocycles. The first-order valence-corrected chi connectivity index (χ1v) is 25.8. The Kier molecular flexibility index (Phi) is 100. The summed E-state index contributed by atoms with van der Waals surface area (Å²) in [5.41, 5.74) is 0. The van der Waals surface area contributed by atoms with Crippen LogP contribution in [0.3, 0.4) is 0 Å². The fourth-order valence-corrected chi connectivity index (χ4v) is 6.87. The van der Waals surface area contributed by atoms with Crippen LogP contribution in [0.15, 0.2) is 0 Å². The molecule has 10 aliphatic rings. The SMILES string of the molecule is C1CCOCC1.C1CCOCC1.C1CCOCC1.C1CCOCC1.C1CCOCC1.C1CCOCC1.C1CCOCC1.C1CCOCC1.C1CCOCC1.C1CCOCC1.[Ba+2].[Ba+2].[I-].[I-].[I-].[I-]. The Morgan fingerprint density at radius 1 is 0.106 bits per heavy atom. The zero-order valence-electron chi connectivity index (χ0n) is 42.4. The van der Waals surface area contributed by atoms with Crippen LogP contribution in [0.25, 0.3) is 0 Å². The summed E-state index contributed by atoms with van der Waals surface area (Å²) >= 11 is 0. The predicted molar refractivity (Wildman–Crippen MR) is 258 cm³/mol. The minimum Gasteiger partial charge on any atom is -1.00 e. The maximum Gasteiger partial charge on any atom is 2.00 e. The van der Waals surface area contributed by atoms with Gasteiger partial charge in [0, 0.05) is 132 Å². The topological polar surface area (TPSA) is 92.3 Å². The molecule has 10 heterocycles. The molecule has 10 nitrogen and oxygen atoms in total. The molecule has 0 spiro atoms. The summed E-state index contributed by atoms with van der Waals surface area (Å²) in [5.74, 6) is 0. The molecular weight excluding hydrogens is 1540 g/mol. The van der Waals surface area contributed by atoms with Crippen molar-refractivity contribution in [2.45, 2.75) is 193 Å².